The molecule has 124 valence electrons. The van der Waals surface area contributed by atoms with Crippen LogP contribution in [-0.2, 0) is 4.74 Å². The first kappa shape index (κ1) is 14.3. The van der Waals surface area contributed by atoms with Gasteiger partial charge in [0, 0.05) is 5.41 Å². The third-order valence-electron chi connectivity index (χ3n) is 9.75. The lowest BCUT2D eigenvalue weighted by Crippen LogP contribution is -2.54. The predicted octanol–water partition coefficient (Wildman–Crippen LogP) is 5.58. The summed E-state index contributed by atoms with van der Waals surface area (Å²) in [5.41, 5.74) is 1.49. The van der Waals surface area contributed by atoms with Crippen molar-refractivity contribution in [2.75, 3.05) is 0 Å². The summed E-state index contributed by atoms with van der Waals surface area (Å²) in [6.07, 6.45) is 15.4. The van der Waals surface area contributed by atoms with Gasteiger partial charge in [-0.15, -0.1) is 0 Å². The van der Waals surface area contributed by atoms with E-state index in [1.807, 2.05) is 0 Å². The Hall–Kier alpha value is -0.0400. The first-order chi connectivity index (χ1) is 10.6. The lowest BCUT2D eigenvalue weighted by atomic mass is 9.44. The zero-order chi connectivity index (χ0) is 15.2. The fourth-order valence-electron chi connectivity index (χ4n) is 8.48. The second-order valence-electron chi connectivity index (χ2n) is 9.94. The third-order valence-corrected chi connectivity index (χ3v) is 9.75. The molecule has 1 unspecified atom stereocenters. The number of hydrogen-bond donors (Lipinski definition) is 0. The highest BCUT2D eigenvalue weighted by Crippen LogP contribution is 2.74. The van der Waals surface area contributed by atoms with Crippen LogP contribution in [0, 0.1) is 34.5 Å². The van der Waals surface area contributed by atoms with E-state index in [9.17, 15) is 0 Å². The van der Waals surface area contributed by atoms with Gasteiger partial charge in [0.2, 0.25) is 0 Å². The molecule has 0 aromatic rings. The molecule has 4 saturated carbocycles. The molecule has 1 nitrogen and oxygen atoms in total. The molecule has 0 N–H and O–H groups in total. The van der Waals surface area contributed by atoms with E-state index in [1.54, 1.807) is 0 Å². The van der Waals surface area contributed by atoms with Crippen molar-refractivity contribution in [3.8, 4) is 0 Å². The van der Waals surface area contributed by atoms with Crippen LogP contribution >= 0.6 is 0 Å². The smallest absolute Gasteiger partial charge is 0.100 e. The number of hydrogen-bond acceptors (Lipinski definition) is 1. The Kier molecular flexibility index (Phi) is 2.81. The normalized spacial score (nSPS) is 62.6. The van der Waals surface area contributed by atoms with Crippen LogP contribution < -0.4 is 0 Å². The van der Waals surface area contributed by atoms with Crippen molar-refractivity contribution in [1.29, 1.82) is 0 Å². The predicted molar refractivity (Wildman–Crippen MR) is 89.6 cm³/mol. The first-order valence-corrected chi connectivity index (χ1v) is 10.2. The number of rotatable bonds is 1. The first-order valence-electron chi connectivity index (χ1n) is 10.2. The molecule has 0 radical (unpaired) electrons. The van der Waals surface area contributed by atoms with Crippen LogP contribution in [0.5, 0.6) is 0 Å². The summed E-state index contributed by atoms with van der Waals surface area (Å²) in [7, 11) is 0. The largest absolute Gasteiger partial charge is 0.365 e. The molecular weight excluding hydrogens is 268 g/mol. The molecule has 1 heteroatoms. The van der Waals surface area contributed by atoms with Gasteiger partial charge in [0.05, 0.1) is 6.10 Å². The minimum absolute atomic E-state index is 0.299. The van der Waals surface area contributed by atoms with Crippen molar-refractivity contribution in [3.63, 3.8) is 0 Å². The molecule has 1 saturated heterocycles. The molecule has 1 aliphatic heterocycles. The molecule has 8 atom stereocenters. The Morgan fingerprint density at radius 2 is 1.82 bits per heavy atom. The van der Waals surface area contributed by atoms with Gasteiger partial charge >= 0.3 is 0 Å². The monoisotopic (exact) mass is 302 g/mol. The van der Waals surface area contributed by atoms with Gasteiger partial charge < -0.3 is 4.74 Å². The number of ether oxygens (including phenoxy) is 1. The third kappa shape index (κ3) is 1.47. The average molecular weight is 303 g/mol. The van der Waals surface area contributed by atoms with Crippen molar-refractivity contribution in [1.82, 2.24) is 0 Å². The zero-order valence-electron chi connectivity index (χ0n) is 14.9. The molecule has 0 amide bonds. The average Bonchev–Trinajstić information content (AvgIpc) is 3.18. The lowest BCUT2D eigenvalue weighted by Gasteiger charge is -2.61. The Morgan fingerprint density at radius 1 is 0.955 bits per heavy atom. The molecule has 0 aromatic heterocycles. The van der Waals surface area contributed by atoms with E-state index in [2.05, 4.69) is 20.8 Å². The zero-order valence-corrected chi connectivity index (χ0v) is 14.9. The summed E-state index contributed by atoms with van der Waals surface area (Å²) < 4.78 is 6.27. The Bertz CT molecular complexity index is 480. The van der Waals surface area contributed by atoms with Crippen molar-refractivity contribution in [2.24, 2.45) is 34.5 Å². The minimum Gasteiger partial charge on any atom is -0.365 e. The topological polar surface area (TPSA) is 12.5 Å². The molecular formula is C21H34O. The van der Waals surface area contributed by atoms with Crippen molar-refractivity contribution >= 4 is 0 Å². The molecule has 5 fully saturated rings. The highest BCUT2D eigenvalue weighted by atomic mass is 16.6. The van der Waals surface area contributed by atoms with Crippen LogP contribution in [0.25, 0.3) is 0 Å². The number of fused-ring (bicyclic) bond motifs is 7. The maximum absolute atomic E-state index is 6.27. The highest BCUT2D eigenvalue weighted by Gasteiger charge is 2.76. The minimum atomic E-state index is 0.299. The Labute approximate surface area is 136 Å². The second-order valence-corrected chi connectivity index (χ2v) is 9.94. The second kappa shape index (κ2) is 4.32. The van der Waals surface area contributed by atoms with E-state index >= 15 is 0 Å². The van der Waals surface area contributed by atoms with Crippen LogP contribution in [0.3, 0.4) is 0 Å². The van der Waals surface area contributed by atoms with Crippen LogP contribution in [0.1, 0.15) is 85.0 Å². The molecule has 4 aliphatic carbocycles. The van der Waals surface area contributed by atoms with Gasteiger partial charge in [0.25, 0.3) is 0 Å². The molecule has 1 heterocycles. The summed E-state index contributed by atoms with van der Waals surface area (Å²) in [5, 5.41) is 0. The van der Waals surface area contributed by atoms with Crippen molar-refractivity contribution < 1.29 is 4.74 Å². The maximum Gasteiger partial charge on any atom is 0.100 e. The van der Waals surface area contributed by atoms with Crippen LogP contribution in [0.4, 0.5) is 0 Å². The lowest BCUT2D eigenvalue weighted by molar-refractivity contribution is -0.130. The van der Waals surface area contributed by atoms with E-state index in [0.717, 1.165) is 23.7 Å². The summed E-state index contributed by atoms with van der Waals surface area (Å²) in [4.78, 5) is 0. The number of epoxide rings is 1. The summed E-state index contributed by atoms with van der Waals surface area (Å²) >= 11 is 0. The van der Waals surface area contributed by atoms with Gasteiger partial charge in [-0.2, -0.15) is 0 Å². The Balaban J connectivity index is 1.48. The van der Waals surface area contributed by atoms with E-state index in [4.69, 9.17) is 4.74 Å². The standard InChI is InChI=1S/C21H34O/c1-4-21-18(22-21)13-17-15-9-8-14-7-5-6-11-19(14,2)16(15)10-12-20(17,21)3/h14-18H,4-13H2,1-3H3/t14?,15-,16+,17+,18-,19+,20+,21-/m1/s1. The van der Waals surface area contributed by atoms with E-state index in [0.29, 0.717) is 22.5 Å². The fraction of sp³-hybridized carbons (Fsp3) is 1.00. The summed E-state index contributed by atoms with van der Waals surface area (Å²) in [5.74, 6) is 4.10. The van der Waals surface area contributed by atoms with Gasteiger partial charge in [0.1, 0.15) is 5.60 Å². The maximum atomic E-state index is 6.27. The van der Waals surface area contributed by atoms with Crippen molar-refractivity contribution in [3.05, 3.63) is 0 Å². The molecule has 5 aliphatic rings. The summed E-state index contributed by atoms with van der Waals surface area (Å²) in [6, 6.07) is 0. The molecule has 0 aromatic carbocycles. The van der Waals surface area contributed by atoms with E-state index in [1.165, 1.54) is 64.2 Å². The SMILES string of the molecule is CC[C@@]12O[C@@H]1C[C@H]1[C@@H]3CCC4CCCC[C@]4(C)[C@H]3CC[C@@]12C. The molecule has 22 heavy (non-hydrogen) atoms. The van der Waals surface area contributed by atoms with Gasteiger partial charge in [-0.25, -0.2) is 0 Å². The van der Waals surface area contributed by atoms with Gasteiger partial charge in [-0.3, -0.25) is 0 Å². The van der Waals surface area contributed by atoms with Gasteiger partial charge in [0.15, 0.2) is 0 Å². The van der Waals surface area contributed by atoms with Gasteiger partial charge in [-0.05, 0) is 80.5 Å². The Morgan fingerprint density at radius 3 is 2.64 bits per heavy atom. The van der Waals surface area contributed by atoms with E-state index in [-0.39, 0.29) is 0 Å². The fourth-order valence-corrected chi connectivity index (χ4v) is 8.48. The highest BCUT2D eigenvalue weighted by molar-refractivity contribution is 5.24. The van der Waals surface area contributed by atoms with Crippen LogP contribution in [0.15, 0.2) is 0 Å². The molecule has 0 spiro atoms. The molecule has 0 bridgehead atoms. The molecule has 5 rings (SSSR count). The quantitative estimate of drug-likeness (QED) is 0.576. The van der Waals surface area contributed by atoms with Gasteiger partial charge in [-0.1, -0.05) is 33.6 Å². The van der Waals surface area contributed by atoms with Crippen LogP contribution in [-0.4, -0.2) is 11.7 Å². The van der Waals surface area contributed by atoms with Crippen LogP contribution in [0.2, 0.25) is 0 Å². The summed E-state index contributed by atoms with van der Waals surface area (Å²) in [6.45, 7) is 7.68. The van der Waals surface area contributed by atoms with Crippen molar-refractivity contribution in [2.45, 2.75) is 96.7 Å². The van der Waals surface area contributed by atoms with E-state index < -0.39 is 0 Å².